The molecule has 0 saturated heterocycles. The lowest BCUT2D eigenvalue weighted by atomic mass is 10.0. The van der Waals surface area contributed by atoms with E-state index >= 15 is 0 Å². The van der Waals surface area contributed by atoms with Crippen LogP contribution in [0.1, 0.15) is 67.8 Å². The normalized spacial score (nSPS) is 13.3. The Labute approximate surface area is 203 Å². The first-order chi connectivity index (χ1) is 16.3. The number of Topliss-reactive ketones (excluding diaryl/α,β-unsaturated/α-hetero) is 1. The fourth-order valence-electron chi connectivity index (χ4n) is 3.19. The second kappa shape index (κ2) is 11.5. The lowest BCUT2D eigenvalue weighted by Crippen LogP contribution is -2.38. The third kappa shape index (κ3) is 8.11. The van der Waals surface area contributed by atoms with E-state index in [-0.39, 0.29) is 23.4 Å². The number of hydrogen-bond acceptors (Lipinski definition) is 8. The molecule has 0 spiro atoms. The van der Waals surface area contributed by atoms with Gasteiger partial charge in [0.1, 0.15) is 22.8 Å². The van der Waals surface area contributed by atoms with Crippen LogP contribution >= 0.6 is 0 Å². The van der Waals surface area contributed by atoms with Crippen molar-refractivity contribution in [2.24, 2.45) is 0 Å². The van der Waals surface area contributed by atoms with Crippen LogP contribution in [0.15, 0.2) is 36.4 Å². The average molecular weight is 487 g/mol. The third-order valence-electron chi connectivity index (χ3n) is 4.42. The van der Waals surface area contributed by atoms with E-state index in [0.29, 0.717) is 29.2 Å². The van der Waals surface area contributed by atoms with Crippen LogP contribution in [0.5, 0.6) is 11.5 Å². The van der Waals surface area contributed by atoms with Crippen LogP contribution < -0.4 is 20.3 Å². The summed E-state index contributed by atoms with van der Waals surface area (Å²) < 4.78 is 16.1. The molecule has 2 amide bonds. The highest BCUT2D eigenvalue weighted by atomic mass is 16.7. The van der Waals surface area contributed by atoms with Gasteiger partial charge in [-0.2, -0.15) is 0 Å². The van der Waals surface area contributed by atoms with Crippen LogP contribution in [-0.2, 0) is 20.7 Å². The molecule has 0 atom stereocenters. The standard InChI is InChI=1S/C13H14O4.C12H16N2O4/c1-8(14)6-9-4-5-11-10(7-9)12(15)17-13(2,3)16-11;1-7(2)18-11-5-4-9(13-8(3)15)6-10(11)12(16)14-17/h4-5,7H,6H2,1-3H3;4-7,17H,1-3H3,(H,13,15)(H,14,16). The van der Waals surface area contributed by atoms with Gasteiger partial charge in [-0.3, -0.25) is 19.6 Å². The van der Waals surface area contributed by atoms with Crippen molar-refractivity contribution in [3.05, 3.63) is 53.1 Å². The SMILES string of the molecule is CC(=O)Cc1ccc2c(c1)C(=O)OC(C)(C)O2.CC(=O)Nc1ccc(OC(C)C)c(C(=O)NO)c1. The van der Waals surface area contributed by atoms with Gasteiger partial charge in [0.05, 0.1) is 11.7 Å². The van der Waals surface area contributed by atoms with Gasteiger partial charge in [0.25, 0.3) is 5.91 Å². The second-order valence-electron chi connectivity index (χ2n) is 8.60. The highest BCUT2D eigenvalue weighted by Crippen LogP contribution is 2.31. The number of hydroxylamine groups is 1. The van der Waals surface area contributed by atoms with Gasteiger partial charge in [0.15, 0.2) is 0 Å². The number of rotatable bonds is 6. The molecule has 1 aliphatic rings. The van der Waals surface area contributed by atoms with E-state index in [1.54, 1.807) is 49.7 Å². The fraction of sp³-hybridized carbons (Fsp3) is 0.360. The summed E-state index contributed by atoms with van der Waals surface area (Å²) in [6.07, 6.45) is 0.200. The number of cyclic esters (lactones) is 1. The first-order valence-corrected chi connectivity index (χ1v) is 10.9. The zero-order chi connectivity index (χ0) is 26.3. The number of carbonyl (C=O) groups is 4. The van der Waals surface area contributed by atoms with Gasteiger partial charge in [0, 0.05) is 32.9 Å². The van der Waals surface area contributed by atoms with E-state index in [9.17, 15) is 19.2 Å². The Bertz CT molecular complexity index is 1120. The van der Waals surface area contributed by atoms with E-state index in [1.165, 1.54) is 19.9 Å². The Hall–Kier alpha value is -3.92. The number of fused-ring (bicyclic) bond motifs is 1. The number of ether oxygens (including phenoxy) is 3. The van der Waals surface area contributed by atoms with E-state index in [4.69, 9.17) is 19.4 Å². The summed E-state index contributed by atoms with van der Waals surface area (Å²) >= 11 is 0. The van der Waals surface area contributed by atoms with Crippen molar-refractivity contribution in [3.63, 3.8) is 0 Å². The molecule has 0 saturated carbocycles. The average Bonchev–Trinajstić information content (AvgIpc) is 2.73. The van der Waals surface area contributed by atoms with Crippen LogP contribution in [0.4, 0.5) is 5.69 Å². The molecule has 0 bridgehead atoms. The number of esters is 1. The van der Waals surface area contributed by atoms with Gasteiger partial charge in [-0.25, -0.2) is 10.3 Å². The van der Waals surface area contributed by atoms with Gasteiger partial charge in [-0.1, -0.05) is 6.07 Å². The molecule has 0 unspecified atom stereocenters. The number of ketones is 1. The van der Waals surface area contributed by atoms with Crippen molar-refractivity contribution in [2.75, 3.05) is 5.32 Å². The summed E-state index contributed by atoms with van der Waals surface area (Å²) in [4.78, 5) is 45.2. The van der Waals surface area contributed by atoms with Gasteiger partial charge >= 0.3 is 5.97 Å². The van der Waals surface area contributed by atoms with Gasteiger partial charge in [-0.05, 0) is 56.7 Å². The van der Waals surface area contributed by atoms with Crippen LogP contribution in [0.3, 0.4) is 0 Å². The van der Waals surface area contributed by atoms with Gasteiger partial charge in [-0.15, -0.1) is 0 Å². The highest BCUT2D eigenvalue weighted by Gasteiger charge is 2.33. The Morgan fingerprint density at radius 1 is 1.06 bits per heavy atom. The van der Waals surface area contributed by atoms with Crippen molar-refractivity contribution >= 4 is 29.3 Å². The Balaban J connectivity index is 0.000000247. The van der Waals surface area contributed by atoms with Crippen LogP contribution in [0.25, 0.3) is 0 Å². The quantitative estimate of drug-likeness (QED) is 0.319. The maximum absolute atomic E-state index is 11.8. The van der Waals surface area contributed by atoms with E-state index in [1.807, 2.05) is 13.8 Å². The van der Waals surface area contributed by atoms with E-state index in [2.05, 4.69) is 5.32 Å². The minimum Gasteiger partial charge on any atom is -0.490 e. The first-order valence-electron chi connectivity index (χ1n) is 10.9. The smallest absolute Gasteiger partial charge is 0.345 e. The Morgan fingerprint density at radius 3 is 2.31 bits per heavy atom. The minimum atomic E-state index is -0.938. The molecule has 3 N–H and O–H groups in total. The predicted octanol–water partition coefficient (Wildman–Crippen LogP) is 3.65. The monoisotopic (exact) mass is 486 g/mol. The lowest BCUT2D eigenvalue weighted by Gasteiger charge is -2.31. The molecule has 10 nitrogen and oxygen atoms in total. The number of nitrogens with one attached hydrogen (secondary N) is 2. The molecule has 1 aliphatic heterocycles. The number of amides is 2. The molecule has 2 aromatic rings. The molecular formula is C25H30N2O8. The molecule has 1 heterocycles. The van der Waals surface area contributed by atoms with Crippen LogP contribution in [-0.4, -0.2) is 40.7 Å². The molecule has 0 aromatic heterocycles. The largest absolute Gasteiger partial charge is 0.490 e. The summed E-state index contributed by atoms with van der Waals surface area (Å²) in [6, 6.07) is 9.76. The molecular weight excluding hydrogens is 456 g/mol. The molecule has 0 aliphatic carbocycles. The summed E-state index contributed by atoms with van der Waals surface area (Å²) in [5, 5.41) is 11.2. The third-order valence-corrected chi connectivity index (χ3v) is 4.42. The van der Waals surface area contributed by atoms with Crippen LogP contribution in [0.2, 0.25) is 0 Å². The number of anilines is 1. The number of benzene rings is 2. The summed E-state index contributed by atoms with van der Waals surface area (Å²) in [5.41, 5.74) is 3.32. The number of carbonyl (C=O) groups excluding carboxylic acids is 4. The Kier molecular flexibility index (Phi) is 8.96. The predicted molar refractivity (Wildman–Crippen MR) is 127 cm³/mol. The highest BCUT2D eigenvalue weighted by molar-refractivity contribution is 5.98. The van der Waals surface area contributed by atoms with Crippen molar-refractivity contribution < 1.29 is 38.6 Å². The fourth-order valence-corrected chi connectivity index (χ4v) is 3.19. The molecule has 10 heteroatoms. The Morgan fingerprint density at radius 2 is 1.74 bits per heavy atom. The molecule has 188 valence electrons. The molecule has 0 radical (unpaired) electrons. The first kappa shape index (κ1) is 27.3. The van der Waals surface area contributed by atoms with Crippen molar-refractivity contribution in [3.8, 4) is 11.5 Å². The molecule has 35 heavy (non-hydrogen) atoms. The summed E-state index contributed by atoms with van der Waals surface area (Å²) in [6.45, 7) is 9.88. The van der Waals surface area contributed by atoms with E-state index in [0.717, 1.165) is 5.56 Å². The lowest BCUT2D eigenvalue weighted by molar-refractivity contribution is -0.127. The minimum absolute atomic E-state index is 0.0513. The molecule has 2 aromatic carbocycles. The zero-order valence-electron chi connectivity index (χ0n) is 20.6. The molecule has 3 rings (SSSR count). The zero-order valence-corrected chi connectivity index (χ0v) is 20.6. The van der Waals surface area contributed by atoms with Crippen LogP contribution in [0, 0.1) is 0 Å². The van der Waals surface area contributed by atoms with Crippen molar-refractivity contribution in [1.82, 2.24) is 5.48 Å². The number of hydrogen-bond donors (Lipinski definition) is 3. The molecule has 0 fully saturated rings. The maximum Gasteiger partial charge on any atom is 0.345 e. The summed E-state index contributed by atoms with van der Waals surface area (Å²) in [5.74, 6) is -1.41. The topological polar surface area (TPSA) is 140 Å². The van der Waals surface area contributed by atoms with Crippen molar-refractivity contribution in [2.45, 2.75) is 59.9 Å². The van der Waals surface area contributed by atoms with E-state index < -0.39 is 17.7 Å². The summed E-state index contributed by atoms with van der Waals surface area (Å²) in [7, 11) is 0. The maximum atomic E-state index is 11.8. The van der Waals surface area contributed by atoms with Crippen molar-refractivity contribution in [1.29, 1.82) is 0 Å². The van der Waals surface area contributed by atoms with Gasteiger partial charge < -0.3 is 19.5 Å². The van der Waals surface area contributed by atoms with Gasteiger partial charge in [0.2, 0.25) is 11.7 Å². The second-order valence-corrected chi connectivity index (χ2v) is 8.60.